The third kappa shape index (κ3) is 7.07. The summed E-state index contributed by atoms with van der Waals surface area (Å²) in [6, 6.07) is 38.2. The van der Waals surface area contributed by atoms with Crippen molar-refractivity contribution in [2.75, 3.05) is 13.7 Å². The highest BCUT2D eigenvalue weighted by molar-refractivity contribution is 7.98. The molecule has 0 atom stereocenters. The van der Waals surface area contributed by atoms with E-state index in [1.54, 1.807) is 18.9 Å². The first kappa shape index (κ1) is 29.3. The minimum Gasteiger partial charge on any atom is -0.497 e. The molecule has 44 heavy (non-hydrogen) atoms. The predicted octanol–water partition coefficient (Wildman–Crippen LogP) is 7.58. The fourth-order valence-corrected chi connectivity index (χ4v) is 6.59. The number of aromatic nitrogens is 4. The number of benzene rings is 4. The lowest BCUT2D eigenvalue weighted by Gasteiger charge is -2.22. The quantitative estimate of drug-likeness (QED) is 0.132. The molecule has 0 spiro atoms. The third-order valence-electron chi connectivity index (χ3n) is 7.09. The van der Waals surface area contributed by atoms with E-state index in [0.717, 1.165) is 45.0 Å². The molecule has 4 aromatic carbocycles. The van der Waals surface area contributed by atoms with Crippen LogP contribution in [0.4, 0.5) is 0 Å². The number of hydrogen-bond acceptors (Lipinski definition) is 7. The van der Waals surface area contributed by atoms with E-state index in [2.05, 4.69) is 34.5 Å². The van der Waals surface area contributed by atoms with Gasteiger partial charge in [-0.2, -0.15) is 0 Å². The van der Waals surface area contributed by atoms with Gasteiger partial charge in [-0.25, -0.2) is 4.98 Å². The Balaban J connectivity index is 1.20. The average molecular weight is 618 g/mol. The van der Waals surface area contributed by atoms with Gasteiger partial charge in [-0.05, 0) is 41.8 Å². The molecule has 0 aliphatic rings. The number of hydrogen-bond donors (Lipinski definition) is 0. The van der Waals surface area contributed by atoms with Gasteiger partial charge in [0.2, 0.25) is 0 Å². The SMILES string of the molecule is COc1cccc(-c2nnc(SCc3nc(C(=O)N(CCc4ccccc4)Cc4ccccc4)cs3)n2-c2ccccc2)c1. The number of ether oxygens (including phenoxy) is 1. The largest absolute Gasteiger partial charge is 0.497 e. The highest BCUT2D eigenvalue weighted by Crippen LogP contribution is 2.31. The molecule has 0 saturated heterocycles. The second-order valence-corrected chi connectivity index (χ2v) is 12.0. The van der Waals surface area contributed by atoms with Crippen molar-refractivity contribution in [1.29, 1.82) is 0 Å². The summed E-state index contributed by atoms with van der Waals surface area (Å²) in [5.74, 6) is 1.97. The number of nitrogens with zero attached hydrogens (tertiary/aromatic N) is 5. The lowest BCUT2D eigenvalue weighted by Crippen LogP contribution is -2.32. The first-order chi connectivity index (χ1) is 21.7. The monoisotopic (exact) mass is 617 g/mol. The number of para-hydroxylation sites is 1. The fraction of sp³-hybridized carbons (Fsp3) is 0.143. The Kier molecular flexibility index (Phi) is 9.44. The molecule has 2 heterocycles. The van der Waals surface area contributed by atoms with Crippen LogP contribution in [-0.2, 0) is 18.7 Å². The Morgan fingerprint density at radius 2 is 1.57 bits per heavy atom. The minimum atomic E-state index is -0.0648. The van der Waals surface area contributed by atoms with Gasteiger partial charge in [0.15, 0.2) is 11.0 Å². The summed E-state index contributed by atoms with van der Waals surface area (Å²) >= 11 is 3.04. The highest BCUT2D eigenvalue weighted by Gasteiger charge is 2.21. The molecule has 7 nitrogen and oxygen atoms in total. The normalized spacial score (nSPS) is 10.9. The van der Waals surface area contributed by atoms with E-state index in [1.807, 2.05) is 106 Å². The zero-order valence-corrected chi connectivity index (χ0v) is 25.9. The summed E-state index contributed by atoms with van der Waals surface area (Å²) in [4.78, 5) is 20.4. The van der Waals surface area contributed by atoms with Crippen LogP contribution in [0.1, 0.15) is 26.6 Å². The summed E-state index contributed by atoms with van der Waals surface area (Å²) in [5.41, 5.74) is 4.62. The van der Waals surface area contributed by atoms with Gasteiger partial charge in [-0.1, -0.05) is 103 Å². The maximum absolute atomic E-state index is 13.7. The second-order valence-electron chi connectivity index (χ2n) is 10.1. The molecular weight excluding hydrogens is 587 g/mol. The van der Waals surface area contributed by atoms with Crippen molar-refractivity contribution in [1.82, 2.24) is 24.6 Å². The maximum Gasteiger partial charge on any atom is 0.273 e. The zero-order valence-electron chi connectivity index (χ0n) is 24.2. The predicted molar refractivity (Wildman–Crippen MR) is 176 cm³/mol. The van der Waals surface area contributed by atoms with Gasteiger partial charge < -0.3 is 9.64 Å². The molecule has 2 aromatic heterocycles. The van der Waals surface area contributed by atoms with Gasteiger partial charge in [-0.15, -0.1) is 21.5 Å². The van der Waals surface area contributed by atoms with E-state index < -0.39 is 0 Å². The van der Waals surface area contributed by atoms with Crippen LogP contribution in [0.3, 0.4) is 0 Å². The van der Waals surface area contributed by atoms with E-state index >= 15 is 0 Å². The standard InChI is InChI=1S/C35H31N5O2S2/c1-42-30-19-11-16-28(22-30)33-37-38-35(40(33)29-17-9-4-10-18-29)44-25-32-36-31(24-43-32)34(41)39(23-27-14-7-3-8-15-27)21-20-26-12-5-2-6-13-26/h2-19,22,24H,20-21,23,25H2,1H3. The number of thioether (sulfide) groups is 1. The maximum atomic E-state index is 13.7. The van der Waals surface area contributed by atoms with E-state index in [9.17, 15) is 4.79 Å². The van der Waals surface area contributed by atoms with Crippen molar-refractivity contribution in [2.45, 2.75) is 23.9 Å². The van der Waals surface area contributed by atoms with E-state index in [1.165, 1.54) is 16.9 Å². The fourth-order valence-electron chi connectivity index (χ4n) is 4.85. The van der Waals surface area contributed by atoms with Crippen molar-refractivity contribution < 1.29 is 9.53 Å². The lowest BCUT2D eigenvalue weighted by atomic mass is 10.1. The summed E-state index contributed by atoms with van der Waals surface area (Å²) in [7, 11) is 1.65. The Hall–Kier alpha value is -4.73. The van der Waals surface area contributed by atoms with Crippen LogP contribution in [0.15, 0.2) is 126 Å². The third-order valence-corrected chi connectivity index (χ3v) is 9.06. The molecule has 0 unspecified atom stereocenters. The second kappa shape index (κ2) is 14.2. The molecule has 0 bridgehead atoms. The molecule has 9 heteroatoms. The minimum absolute atomic E-state index is 0.0648. The summed E-state index contributed by atoms with van der Waals surface area (Å²) in [6.45, 7) is 1.13. The number of rotatable bonds is 12. The number of carbonyl (C=O) groups excluding carboxylic acids is 1. The lowest BCUT2D eigenvalue weighted by molar-refractivity contribution is 0.0740. The van der Waals surface area contributed by atoms with Crippen molar-refractivity contribution in [3.05, 3.63) is 142 Å². The first-order valence-electron chi connectivity index (χ1n) is 14.3. The van der Waals surface area contributed by atoms with Crippen LogP contribution in [0.25, 0.3) is 17.1 Å². The van der Waals surface area contributed by atoms with Crippen LogP contribution in [0, 0.1) is 0 Å². The number of carbonyl (C=O) groups is 1. The molecule has 1 amide bonds. The van der Waals surface area contributed by atoms with Gasteiger partial charge in [0.05, 0.1) is 12.9 Å². The summed E-state index contributed by atoms with van der Waals surface area (Å²) in [5, 5.41) is 12.6. The summed E-state index contributed by atoms with van der Waals surface area (Å²) in [6.07, 6.45) is 0.775. The molecule has 220 valence electrons. The zero-order chi connectivity index (χ0) is 30.1. The average Bonchev–Trinajstić information content (AvgIpc) is 3.74. The number of amides is 1. The summed E-state index contributed by atoms with van der Waals surface area (Å²) < 4.78 is 7.49. The molecule has 0 aliphatic carbocycles. The smallest absolute Gasteiger partial charge is 0.273 e. The van der Waals surface area contributed by atoms with Gasteiger partial charge >= 0.3 is 0 Å². The van der Waals surface area contributed by atoms with Crippen LogP contribution in [0.2, 0.25) is 0 Å². The van der Waals surface area contributed by atoms with Crippen molar-refractivity contribution in [2.24, 2.45) is 0 Å². The number of thiazole rings is 1. The van der Waals surface area contributed by atoms with Crippen LogP contribution < -0.4 is 4.74 Å². The van der Waals surface area contributed by atoms with Gasteiger partial charge in [0, 0.05) is 29.7 Å². The molecule has 0 aliphatic heterocycles. The molecule has 0 N–H and O–H groups in total. The Morgan fingerprint density at radius 1 is 0.864 bits per heavy atom. The molecule has 6 aromatic rings. The van der Waals surface area contributed by atoms with Crippen LogP contribution >= 0.6 is 23.1 Å². The Morgan fingerprint density at radius 3 is 2.30 bits per heavy atom. The molecule has 0 fully saturated rings. The van der Waals surface area contributed by atoms with Crippen LogP contribution in [-0.4, -0.2) is 44.2 Å². The van der Waals surface area contributed by atoms with E-state index in [0.29, 0.717) is 24.5 Å². The topological polar surface area (TPSA) is 73.1 Å². The Labute approximate surface area is 265 Å². The van der Waals surface area contributed by atoms with Crippen molar-refractivity contribution >= 4 is 29.0 Å². The van der Waals surface area contributed by atoms with Crippen molar-refractivity contribution in [3.8, 4) is 22.8 Å². The highest BCUT2D eigenvalue weighted by atomic mass is 32.2. The van der Waals surface area contributed by atoms with E-state index in [-0.39, 0.29) is 5.91 Å². The van der Waals surface area contributed by atoms with Gasteiger partial charge in [-0.3, -0.25) is 9.36 Å². The van der Waals surface area contributed by atoms with E-state index in [4.69, 9.17) is 9.72 Å². The van der Waals surface area contributed by atoms with Crippen molar-refractivity contribution in [3.63, 3.8) is 0 Å². The van der Waals surface area contributed by atoms with Crippen LogP contribution in [0.5, 0.6) is 5.75 Å². The van der Waals surface area contributed by atoms with Gasteiger partial charge in [0.1, 0.15) is 16.5 Å². The number of methoxy groups -OCH3 is 1. The molecular formula is C35H31N5O2S2. The molecule has 6 rings (SSSR count). The first-order valence-corrected chi connectivity index (χ1v) is 16.1. The molecule has 0 radical (unpaired) electrons. The molecule has 0 saturated carbocycles. The Bertz CT molecular complexity index is 1810. The van der Waals surface area contributed by atoms with Gasteiger partial charge in [0.25, 0.3) is 5.91 Å².